The Hall–Kier alpha value is -3.25. The van der Waals surface area contributed by atoms with Crippen LogP contribution in [-0.4, -0.2) is 25.1 Å². The van der Waals surface area contributed by atoms with Gasteiger partial charge in [-0.1, -0.05) is 11.6 Å². The molecule has 0 aliphatic heterocycles. The molecular weight excluding hydrogens is 366 g/mol. The molecule has 2 N–H and O–H groups in total. The lowest BCUT2D eigenvalue weighted by molar-refractivity contribution is 0.102. The van der Waals surface area contributed by atoms with Gasteiger partial charge in [-0.15, -0.1) is 0 Å². The zero-order valence-electron chi connectivity index (χ0n) is 14.8. The van der Waals surface area contributed by atoms with Crippen molar-refractivity contribution in [2.45, 2.75) is 0 Å². The van der Waals surface area contributed by atoms with Crippen molar-refractivity contribution in [2.24, 2.45) is 0 Å². The second-order valence-electron chi connectivity index (χ2n) is 5.58. The summed E-state index contributed by atoms with van der Waals surface area (Å²) in [4.78, 5) is 16.6. The first-order chi connectivity index (χ1) is 13.1. The molecule has 6 nitrogen and oxygen atoms in total. The largest absolute Gasteiger partial charge is 0.497 e. The van der Waals surface area contributed by atoms with Crippen molar-refractivity contribution in [3.63, 3.8) is 0 Å². The number of carbonyl (C=O) groups excluding carboxylic acids is 1. The van der Waals surface area contributed by atoms with E-state index in [1.165, 1.54) is 0 Å². The standard InChI is InChI=1S/C20H18ClN3O3/c1-26-16-7-8-19(27-2)17(12-16)23-15-9-10-22-18(11-15)20(25)24-14-5-3-13(21)4-6-14/h3-12H,1-2H3,(H,22,23)(H,24,25). The summed E-state index contributed by atoms with van der Waals surface area (Å²) < 4.78 is 10.6. The van der Waals surface area contributed by atoms with Crippen LogP contribution < -0.4 is 20.1 Å². The minimum atomic E-state index is -0.321. The average Bonchev–Trinajstić information content (AvgIpc) is 2.70. The van der Waals surface area contributed by atoms with E-state index in [-0.39, 0.29) is 11.6 Å². The van der Waals surface area contributed by atoms with Crippen LogP contribution in [0.1, 0.15) is 10.5 Å². The zero-order valence-corrected chi connectivity index (χ0v) is 15.6. The molecule has 0 unspecified atom stereocenters. The number of hydrogen-bond donors (Lipinski definition) is 2. The first-order valence-electron chi connectivity index (χ1n) is 8.11. The summed E-state index contributed by atoms with van der Waals surface area (Å²) in [5, 5.41) is 6.61. The number of ether oxygens (including phenoxy) is 2. The third-order valence-electron chi connectivity index (χ3n) is 3.78. The van der Waals surface area contributed by atoms with Gasteiger partial charge in [0.15, 0.2) is 0 Å². The highest BCUT2D eigenvalue weighted by atomic mass is 35.5. The number of anilines is 3. The Balaban J connectivity index is 1.79. The molecule has 7 heteroatoms. The molecule has 0 fully saturated rings. The number of carbonyl (C=O) groups is 1. The summed E-state index contributed by atoms with van der Waals surface area (Å²) in [5.74, 6) is 1.02. The van der Waals surface area contributed by atoms with Gasteiger partial charge < -0.3 is 20.1 Å². The number of amides is 1. The Morgan fingerprint density at radius 2 is 1.74 bits per heavy atom. The maximum Gasteiger partial charge on any atom is 0.274 e. The summed E-state index contributed by atoms with van der Waals surface area (Å²) in [6, 6.07) is 15.7. The first kappa shape index (κ1) is 18.5. The van der Waals surface area contributed by atoms with Crippen molar-refractivity contribution in [3.05, 3.63) is 71.5 Å². The van der Waals surface area contributed by atoms with Crippen LogP contribution in [0.25, 0.3) is 0 Å². The van der Waals surface area contributed by atoms with Crippen LogP contribution in [0.2, 0.25) is 5.02 Å². The molecule has 0 bridgehead atoms. The van der Waals surface area contributed by atoms with E-state index in [1.807, 2.05) is 12.1 Å². The third-order valence-corrected chi connectivity index (χ3v) is 4.03. The van der Waals surface area contributed by atoms with Gasteiger partial charge in [-0.25, -0.2) is 0 Å². The number of halogens is 1. The number of benzene rings is 2. The Kier molecular flexibility index (Phi) is 5.78. The molecule has 0 radical (unpaired) electrons. The van der Waals surface area contributed by atoms with Gasteiger partial charge >= 0.3 is 0 Å². The van der Waals surface area contributed by atoms with Gasteiger partial charge in [0.2, 0.25) is 0 Å². The number of nitrogens with zero attached hydrogens (tertiary/aromatic N) is 1. The predicted molar refractivity (Wildman–Crippen MR) is 106 cm³/mol. The molecule has 0 saturated carbocycles. The molecule has 2 aromatic carbocycles. The van der Waals surface area contributed by atoms with E-state index in [9.17, 15) is 4.79 Å². The minimum absolute atomic E-state index is 0.275. The molecule has 1 heterocycles. The zero-order chi connectivity index (χ0) is 19.2. The van der Waals surface area contributed by atoms with Crippen LogP contribution in [0.4, 0.5) is 17.1 Å². The Morgan fingerprint density at radius 3 is 2.44 bits per heavy atom. The van der Waals surface area contributed by atoms with E-state index in [0.717, 1.165) is 0 Å². The molecule has 0 spiro atoms. The molecule has 3 rings (SSSR count). The van der Waals surface area contributed by atoms with Crippen molar-refractivity contribution < 1.29 is 14.3 Å². The lowest BCUT2D eigenvalue weighted by Gasteiger charge is -2.13. The lowest BCUT2D eigenvalue weighted by atomic mass is 10.2. The fraction of sp³-hybridized carbons (Fsp3) is 0.100. The quantitative estimate of drug-likeness (QED) is 0.642. The van der Waals surface area contributed by atoms with E-state index in [1.54, 1.807) is 62.9 Å². The van der Waals surface area contributed by atoms with Crippen molar-refractivity contribution in [1.82, 2.24) is 4.98 Å². The average molecular weight is 384 g/mol. The fourth-order valence-corrected chi connectivity index (χ4v) is 2.55. The fourth-order valence-electron chi connectivity index (χ4n) is 2.43. The van der Waals surface area contributed by atoms with Gasteiger partial charge in [-0.05, 0) is 48.5 Å². The van der Waals surface area contributed by atoms with Gasteiger partial charge in [-0.2, -0.15) is 0 Å². The van der Waals surface area contributed by atoms with Crippen LogP contribution >= 0.6 is 11.6 Å². The van der Waals surface area contributed by atoms with Gasteiger partial charge in [0.1, 0.15) is 17.2 Å². The monoisotopic (exact) mass is 383 g/mol. The minimum Gasteiger partial charge on any atom is -0.497 e. The van der Waals surface area contributed by atoms with E-state index >= 15 is 0 Å². The van der Waals surface area contributed by atoms with Crippen molar-refractivity contribution in [3.8, 4) is 11.5 Å². The van der Waals surface area contributed by atoms with Crippen molar-refractivity contribution in [1.29, 1.82) is 0 Å². The number of hydrogen-bond acceptors (Lipinski definition) is 5. The smallest absolute Gasteiger partial charge is 0.274 e. The molecule has 1 aromatic heterocycles. The highest BCUT2D eigenvalue weighted by molar-refractivity contribution is 6.30. The van der Waals surface area contributed by atoms with Crippen molar-refractivity contribution in [2.75, 3.05) is 24.9 Å². The van der Waals surface area contributed by atoms with Gasteiger partial charge in [0.05, 0.1) is 19.9 Å². The molecular formula is C20H18ClN3O3. The molecule has 27 heavy (non-hydrogen) atoms. The molecule has 138 valence electrons. The molecule has 0 saturated heterocycles. The maximum absolute atomic E-state index is 12.4. The third kappa shape index (κ3) is 4.68. The summed E-state index contributed by atoms with van der Waals surface area (Å²) >= 11 is 5.86. The highest BCUT2D eigenvalue weighted by Gasteiger charge is 2.10. The molecule has 0 atom stereocenters. The first-order valence-corrected chi connectivity index (χ1v) is 8.49. The van der Waals surface area contributed by atoms with E-state index < -0.39 is 0 Å². The topological polar surface area (TPSA) is 72.5 Å². The predicted octanol–water partition coefficient (Wildman–Crippen LogP) is 4.75. The van der Waals surface area contributed by atoms with Gasteiger partial charge in [0.25, 0.3) is 5.91 Å². The summed E-state index contributed by atoms with van der Waals surface area (Å²) in [6.07, 6.45) is 1.56. The molecule has 0 aliphatic carbocycles. The maximum atomic E-state index is 12.4. The van der Waals surface area contributed by atoms with Gasteiger partial charge in [0, 0.05) is 28.7 Å². The number of aromatic nitrogens is 1. The number of rotatable bonds is 6. The summed E-state index contributed by atoms with van der Waals surface area (Å²) in [6.45, 7) is 0. The summed E-state index contributed by atoms with van der Waals surface area (Å²) in [7, 11) is 3.18. The highest BCUT2D eigenvalue weighted by Crippen LogP contribution is 2.31. The lowest BCUT2D eigenvalue weighted by Crippen LogP contribution is -2.13. The number of pyridine rings is 1. The van der Waals surface area contributed by atoms with E-state index in [2.05, 4.69) is 15.6 Å². The number of methoxy groups -OCH3 is 2. The van der Waals surface area contributed by atoms with E-state index in [0.29, 0.717) is 33.6 Å². The normalized spacial score (nSPS) is 10.2. The Morgan fingerprint density at radius 1 is 0.963 bits per heavy atom. The Bertz CT molecular complexity index is 945. The Labute approximate surface area is 162 Å². The molecule has 1 amide bonds. The van der Waals surface area contributed by atoms with Crippen LogP contribution in [0, 0.1) is 0 Å². The second-order valence-corrected chi connectivity index (χ2v) is 6.02. The molecule has 3 aromatic rings. The number of nitrogens with one attached hydrogen (secondary N) is 2. The van der Waals surface area contributed by atoms with Gasteiger partial charge in [-0.3, -0.25) is 9.78 Å². The van der Waals surface area contributed by atoms with Crippen LogP contribution in [0.15, 0.2) is 60.8 Å². The summed E-state index contributed by atoms with van der Waals surface area (Å²) in [5.41, 5.74) is 2.32. The van der Waals surface area contributed by atoms with Crippen LogP contribution in [0.5, 0.6) is 11.5 Å². The van der Waals surface area contributed by atoms with Crippen LogP contribution in [0.3, 0.4) is 0 Å². The van der Waals surface area contributed by atoms with E-state index in [4.69, 9.17) is 21.1 Å². The van der Waals surface area contributed by atoms with Crippen LogP contribution in [-0.2, 0) is 0 Å². The SMILES string of the molecule is COc1ccc(OC)c(Nc2ccnc(C(=O)Nc3ccc(Cl)cc3)c2)c1. The second kappa shape index (κ2) is 8.42. The van der Waals surface area contributed by atoms with Crippen molar-refractivity contribution >= 4 is 34.6 Å². The molecule has 0 aliphatic rings.